The number of nitrogens with two attached hydrogens (primary N) is 1. The lowest BCUT2D eigenvalue weighted by Crippen LogP contribution is -2.20. The van der Waals surface area contributed by atoms with E-state index in [1.807, 2.05) is 27.7 Å². The Balaban J connectivity index is 0.00000326. The van der Waals surface area contributed by atoms with Crippen LogP contribution in [0.5, 0.6) is 5.75 Å². The SMILES string of the molecule is CC.CC.CNC(=O)/C=C\N(C=O)CCCCC(N=C(C)N)=NC[C@@H](O)c1ccc(F)c(OCC2CC2)c1. The molecule has 9 nitrogen and oxygen atoms in total. The van der Waals surface area contributed by atoms with Gasteiger partial charge in [-0.3, -0.25) is 14.6 Å². The van der Waals surface area contributed by atoms with Gasteiger partial charge in [0, 0.05) is 32.3 Å². The third-order valence-corrected chi connectivity index (χ3v) is 5.13. The fraction of sp³-hybridized carbons (Fsp3) is 0.571. The van der Waals surface area contributed by atoms with Gasteiger partial charge >= 0.3 is 0 Å². The van der Waals surface area contributed by atoms with Crippen LogP contribution < -0.4 is 15.8 Å². The maximum atomic E-state index is 14.0. The molecule has 1 aliphatic rings. The predicted octanol–water partition coefficient (Wildman–Crippen LogP) is 4.36. The van der Waals surface area contributed by atoms with Gasteiger partial charge in [-0.1, -0.05) is 33.8 Å². The molecule has 1 fully saturated rings. The molecule has 0 bridgehead atoms. The maximum absolute atomic E-state index is 14.0. The van der Waals surface area contributed by atoms with E-state index in [2.05, 4.69) is 15.3 Å². The number of rotatable bonds is 14. The number of halogens is 1. The van der Waals surface area contributed by atoms with E-state index >= 15 is 0 Å². The zero-order valence-corrected chi connectivity index (χ0v) is 23.7. The molecule has 0 aliphatic heterocycles. The molecule has 0 saturated heterocycles. The molecule has 214 valence electrons. The summed E-state index contributed by atoms with van der Waals surface area (Å²) in [4.78, 5) is 32.4. The maximum Gasteiger partial charge on any atom is 0.245 e. The van der Waals surface area contributed by atoms with Crippen molar-refractivity contribution in [3.05, 3.63) is 41.9 Å². The molecule has 1 saturated carbocycles. The molecule has 1 aromatic carbocycles. The van der Waals surface area contributed by atoms with Crippen LogP contribution in [0, 0.1) is 11.7 Å². The first kappa shape index (κ1) is 34.7. The highest BCUT2D eigenvalue weighted by molar-refractivity contribution is 5.95. The molecule has 38 heavy (non-hydrogen) atoms. The third kappa shape index (κ3) is 15.1. The number of hydrogen-bond donors (Lipinski definition) is 3. The molecule has 10 heteroatoms. The molecule has 1 aliphatic carbocycles. The van der Waals surface area contributed by atoms with Gasteiger partial charge in [-0.15, -0.1) is 0 Å². The van der Waals surface area contributed by atoms with Crippen molar-refractivity contribution >= 4 is 24.0 Å². The lowest BCUT2D eigenvalue weighted by Gasteiger charge is -2.13. The number of hydrogen-bond acceptors (Lipinski definition) is 5. The summed E-state index contributed by atoms with van der Waals surface area (Å²) in [7, 11) is 1.51. The number of carbonyl (C=O) groups excluding carboxylic acids is 2. The molecule has 1 aromatic rings. The van der Waals surface area contributed by atoms with Gasteiger partial charge in [0.25, 0.3) is 0 Å². The number of aliphatic imine (C=N–C) groups is 2. The van der Waals surface area contributed by atoms with Crippen LogP contribution in [-0.2, 0) is 9.59 Å². The summed E-state index contributed by atoms with van der Waals surface area (Å²) in [5.41, 5.74) is 6.22. The van der Waals surface area contributed by atoms with Crippen LogP contribution in [-0.4, -0.2) is 60.7 Å². The van der Waals surface area contributed by atoms with Crippen molar-refractivity contribution in [1.82, 2.24) is 10.2 Å². The number of aliphatic hydroxyl groups excluding tert-OH is 1. The highest BCUT2D eigenvalue weighted by Crippen LogP contribution is 2.31. The first-order valence-corrected chi connectivity index (χ1v) is 13.4. The van der Waals surface area contributed by atoms with Crippen LogP contribution in [0.3, 0.4) is 0 Å². The highest BCUT2D eigenvalue weighted by atomic mass is 19.1. The highest BCUT2D eigenvalue weighted by Gasteiger charge is 2.23. The quantitative estimate of drug-likeness (QED) is 0.107. The van der Waals surface area contributed by atoms with E-state index in [0.29, 0.717) is 62.0 Å². The van der Waals surface area contributed by atoms with E-state index < -0.39 is 11.9 Å². The minimum Gasteiger partial charge on any atom is -0.490 e. The average Bonchev–Trinajstić information content (AvgIpc) is 3.76. The normalized spacial score (nSPS) is 14.0. The number of benzene rings is 1. The molecule has 0 heterocycles. The first-order valence-electron chi connectivity index (χ1n) is 13.4. The second-order valence-corrected chi connectivity index (χ2v) is 8.20. The van der Waals surface area contributed by atoms with Gasteiger partial charge in [0.05, 0.1) is 25.1 Å². The van der Waals surface area contributed by atoms with E-state index in [9.17, 15) is 19.1 Å². The van der Waals surface area contributed by atoms with Crippen molar-refractivity contribution in [3.8, 4) is 5.75 Å². The van der Waals surface area contributed by atoms with Crippen LogP contribution in [0.2, 0.25) is 0 Å². The summed E-state index contributed by atoms with van der Waals surface area (Å²) < 4.78 is 19.6. The van der Waals surface area contributed by atoms with E-state index in [0.717, 1.165) is 12.8 Å². The van der Waals surface area contributed by atoms with Gasteiger partial charge in [-0.25, -0.2) is 9.38 Å². The Morgan fingerprint density at radius 2 is 1.97 bits per heavy atom. The number of carbonyl (C=O) groups is 2. The minimum absolute atomic E-state index is 0.0368. The summed E-state index contributed by atoms with van der Waals surface area (Å²) in [6.45, 7) is 10.6. The third-order valence-electron chi connectivity index (χ3n) is 5.13. The number of nitrogens with zero attached hydrogens (tertiary/aromatic N) is 3. The van der Waals surface area contributed by atoms with E-state index in [1.54, 1.807) is 6.92 Å². The monoisotopic (exact) mass is 535 g/mol. The summed E-state index contributed by atoms with van der Waals surface area (Å²) >= 11 is 0. The van der Waals surface area contributed by atoms with Gasteiger partial charge in [0.1, 0.15) is 5.84 Å². The molecule has 1 atom stereocenters. The molecule has 4 N–H and O–H groups in total. The minimum atomic E-state index is -0.951. The zero-order valence-electron chi connectivity index (χ0n) is 23.7. The van der Waals surface area contributed by atoms with Crippen molar-refractivity contribution in [2.45, 2.75) is 72.8 Å². The number of amidine groups is 2. The van der Waals surface area contributed by atoms with Gasteiger partial charge in [-0.2, -0.15) is 0 Å². The molecular weight excluding hydrogens is 489 g/mol. The van der Waals surface area contributed by atoms with Crippen LogP contribution in [0.4, 0.5) is 4.39 Å². The van der Waals surface area contributed by atoms with Crippen molar-refractivity contribution in [1.29, 1.82) is 0 Å². The fourth-order valence-electron chi connectivity index (χ4n) is 2.99. The largest absolute Gasteiger partial charge is 0.490 e. The zero-order chi connectivity index (χ0) is 28.9. The van der Waals surface area contributed by atoms with Crippen LogP contribution >= 0.6 is 0 Å². The topological polar surface area (TPSA) is 130 Å². The lowest BCUT2D eigenvalue weighted by atomic mass is 10.1. The van der Waals surface area contributed by atoms with E-state index in [4.69, 9.17) is 10.5 Å². The van der Waals surface area contributed by atoms with Gasteiger partial charge in [0.15, 0.2) is 11.6 Å². The Morgan fingerprint density at radius 3 is 2.55 bits per heavy atom. The number of ether oxygens (including phenoxy) is 1. The Bertz CT molecular complexity index is 913. The van der Waals surface area contributed by atoms with Crippen molar-refractivity contribution in [2.24, 2.45) is 21.6 Å². The second kappa shape index (κ2) is 20.7. The average molecular weight is 536 g/mol. The Morgan fingerprint density at radius 1 is 1.29 bits per heavy atom. The first-order chi connectivity index (χ1) is 18.3. The summed E-state index contributed by atoms with van der Waals surface area (Å²) in [5.74, 6) is 0.685. The molecule has 2 amide bonds. The van der Waals surface area contributed by atoms with Crippen LogP contribution in [0.1, 0.15) is 78.4 Å². The predicted molar refractivity (Wildman–Crippen MR) is 152 cm³/mol. The number of likely N-dealkylation sites (N-methyl/N-ethyl adjacent to an activating group) is 1. The van der Waals surface area contributed by atoms with Crippen molar-refractivity contribution in [3.63, 3.8) is 0 Å². The standard InChI is InChI=1S/C24H34FN5O4.2C2H6/c1-17(26)29-23(5-3-4-11-30(16-31)12-10-24(33)27-2)28-14-21(32)19-8-9-20(25)22(13-19)34-15-18-6-7-18;2*1-2/h8-10,12-13,16,18,21,32H,3-7,11,14-15H2,1-2H3,(H,27,33)(H2,26,28,29);2*1-2H3/b12-10-;;/t21-;;/m1../s1. The molecule has 0 unspecified atom stereocenters. The Hall–Kier alpha value is -3.27. The van der Waals surface area contributed by atoms with E-state index in [-0.39, 0.29) is 18.2 Å². The van der Waals surface area contributed by atoms with Crippen LogP contribution in [0.15, 0.2) is 40.5 Å². The number of amides is 2. The van der Waals surface area contributed by atoms with Gasteiger partial charge in [0.2, 0.25) is 12.3 Å². The second-order valence-electron chi connectivity index (χ2n) is 8.20. The van der Waals surface area contributed by atoms with Crippen LogP contribution in [0.25, 0.3) is 0 Å². The molecule has 0 aromatic heterocycles. The Labute approximate surface area is 227 Å². The lowest BCUT2D eigenvalue weighted by molar-refractivity contribution is -0.116. The van der Waals surface area contributed by atoms with Crippen molar-refractivity contribution in [2.75, 3.05) is 26.7 Å². The molecule has 2 rings (SSSR count). The molecule has 0 spiro atoms. The smallest absolute Gasteiger partial charge is 0.245 e. The number of aliphatic hydroxyl groups is 1. The van der Waals surface area contributed by atoms with E-state index in [1.165, 1.54) is 42.4 Å². The fourth-order valence-corrected chi connectivity index (χ4v) is 2.99. The molecular formula is C28H46FN5O4. The van der Waals surface area contributed by atoms with Crippen molar-refractivity contribution < 1.29 is 23.8 Å². The summed E-state index contributed by atoms with van der Waals surface area (Å²) in [6, 6.07) is 4.30. The Kier molecular flexibility index (Phi) is 19.0. The summed E-state index contributed by atoms with van der Waals surface area (Å²) in [6.07, 6.45) is 6.41. The van der Waals surface area contributed by atoms with Gasteiger partial charge < -0.3 is 25.8 Å². The molecule has 0 radical (unpaired) electrons. The number of nitrogens with one attached hydrogen (secondary N) is 1. The summed E-state index contributed by atoms with van der Waals surface area (Å²) in [5, 5.41) is 13.0. The number of unbranched alkanes of at least 4 members (excludes halogenated alkanes) is 1. The van der Waals surface area contributed by atoms with Gasteiger partial charge in [-0.05, 0) is 56.2 Å².